The lowest BCUT2D eigenvalue weighted by Gasteiger charge is -2.23. The summed E-state index contributed by atoms with van der Waals surface area (Å²) in [4.78, 5) is 4.48. The second-order valence-electron chi connectivity index (χ2n) is 5.70. The quantitative estimate of drug-likeness (QED) is 0.909. The molecule has 4 heteroatoms. The molecule has 3 rings (SSSR count). The first-order valence-electron chi connectivity index (χ1n) is 7.75. The van der Waals surface area contributed by atoms with Crippen LogP contribution in [0.15, 0.2) is 36.7 Å². The maximum atomic E-state index is 5.21. The molecule has 1 N–H and O–H groups in total. The summed E-state index contributed by atoms with van der Waals surface area (Å²) in [5.74, 6) is 0.941. The molecular formula is C17H23N3O. The van der Waals surface area contributed by atoms with E-state index in [1.807, 2.05) is 12.4 Å². The van der Waals surface area contributed by atoms with Crippen LogP contribution in [0, 0.1) is 0 Å². The van der Waals surface area contributed by atoms with E-state index in [1.54, 1.807) is 7.11 Å². The number of nitrogens with zero attached hydrogens (tertiary/aromatic N) is 2. The van der Waals surface area contributed by atoms with Gasteiger partial charge in [-0.15, -0.1) is 0 Å². The summed E-state index contributed by atoms with van der Waals surface area (Å²) >= 11 is 0. The molecular weight excluding hydrogens is 262 g/mol. The second-order valence-corrected chi connectivity index (χ2v) is 5.70. The van der Waals surface area contributed by atoms with Gasteiger partial charge in [0.25, 0.3) is 0 Å². The topological polar surface area (TPSA) is 39.1 Å². The molecule has 112 valence electrons. The van der Waals surface area contributed by atoms with Gasteiger partial charge in [0, 0.05) is 31.2 Å². The minimum atomic E-state index is 0.557. The lowest BCUT2D eigenvalue weighted by atomic mass is 9.96. The number of imidazole rings is 1. The van der Waals surface area contributed by atoms with Gasteiger partial charge in [0.15, 0.2) is 0 Å². The average Bonchev–Trinajstić information content (AvgIpc) is 2.97. The molecule has 0 atom stereocenters. The van der Waals surface area contributed by atoms with Crippen LogP contribution in [0.5, 0.6) is 0 Å². The molecule has 0 bridgehead atoms. The highest BCUT2D eigenvalue weighted by Crippen LogP contribution is 2.23. The Labute approximate surface area is 126 Å². The largest absolute Gasteiger partial charge is 0.380 e. The van der Waals surface area contributed by atoms with Crippen molar-refractivity contribution in [2.75, 3.05) is 12.4 Å². The van der Waals surface area contributed by atoms with E-state index >= 15 is 0 Å². The summed E-state index contributed by atoms with van der Waals surface area (Å²) in [6, 6.07) is 8.96. The van der Waals surface area contributed by atoms with Crippen LogP contribution in [0.1, 0.15) is 37.7 Å². The summed E-state index contributed by atoms with van der Waals surface area (Å²) in [5, 5.41) is 3.60. The molecule has 1 aromatic carbocycles. The van der Waals surface area contributed by atoms with Crippen LogP contribution >= 0.6 is 0 Å². The molecule has 0 spiro atoms. The fourth-order valence-corrected chi connectivity index (χ4v) is 3.01. The number of nitrogens with one attached hydrogen (secondary N) is 1. The van der Waals surface area contributed by atoms with Gasteiger partial charge in [-0.2, -0.15) is 0 Å². The normalized spacial score (nSPS) is 16.0. The second kappa shape index (κ2) is 6.76. The summed E-state index contributed by atoms with van der Waals surface area (Å²) in [5.41, 5.74) is 2.30. The Morgan fingerprint density at radius 3 is 2.95 bits per heavy atom. The fourth-order valence-electron chi connectivity index (χ4n) is 3.01. The first-order chi connectivity index (χ1) is 10.4. The third-order valence-corrected chi connectivity index (χ3v) is 4.08. The number of rotatable bonds is 5. The van der Waals surface area contributed by atoms with Crippen molar-refractivity contribution in [2.45, 2.75) is 44.8 Å². The van der Waals surface area contributed by atoms with Gasteiger partial charge in [-0.25, -0.2) is 4.98 Å². The van der Waals surface area contributed by atoms with Crippen LogP contribution in [-0.2, 0) is 11.3 Å². The zero-order chi connectivity index (χ0) is 14.5. The Balaban J connectivity index is 1.79. The van der Waals surface area contributed by atoms with Crippen molar-refractivity contribution in [3.63, 3.8) is 0 Å². The molecule has 0 aliphatic heterocycles. The van der Waals surface area contributed by atoms with Crippen LogP contribution in [0.3, 0.4) is 0 Å². The Morgan fingerprint density at radius 2 is 2.14 bits per heavy atom. The maximum Gasteiger partial charge on any atom is 0.207 e. The third-order valence-electron chi connectivity index (χ3n) is 4.08. The van der Waals surface area contributed by atoms with E-state index < -0.39 is 0 Å². The minimum absolute atomic E-state index is 0.557. The van der Waals surface area contributed by atoms with Crippen molar-refractivity contribution >= 4 is 5.95 Å². The van der Waals surface area contributed by atoms with Gasteiger partial charge in [0.1, 0.15) is 0 Å². The van der Waals surface area contributed by atoms with Gasteiger partial charge in [-0.1, -0.05) is 31.4 Å². The van der Waals surface area contributed by atoms with Crippen molar-refractivity contribution < 1.29 is 4.74 Å². The number of ether oxygens (including phenoxy) is 1. The molecule has 1 heterocycles. The summed E-state index contributed by atoms with van der Waals surface area (Å²) in [7, 11) is 1.72. The van der Waals surface area contributed by atoms with Crippen LogP contribution in [0.25, 0.3) is 5.69 Å². The predicted octanol–water partition coefficient (Wildman–Crippen LogP) is 3.76. The van der Waals surface area contributed by atoms with E-state index in [1.165, 1.54) is 37.7 Å². The fraction of sp³-hybridized carbons (Fsp3) is 0.471. The lowest BCUT2D eigenvalue weighted by molar-refractivity contribution is 0.185. The highest BCUT2D eigenvalue weighted by atomic mass is 16.5. The van der Waals surface area contributed by atoms with E-state index in [4.69, 9.17) is 4.74 Å². The van der Waals surface area contributed by atoms with Crippen molar-refractivity contribution in [2.24, 2.45) is 0 Å². The molecule has 1 fully saturated rings. The van der Waals surface area contributed by atoms with Crippen molar-refractivity contribution in [1.29, 1.82) is 0 Å². The Morgan fingerprint density at radius 1 is 1.29 bits per heavy atom. The number of aromatic nitrogens is 2. The van der Waals surface area contributed by atoms with E-state index in [-0.39, 0.29) is 0 Å². The average molecular weight is 285 g/mol. The van der Waals surface area contributed by atoms with Gasteiger partial charge in [-0.3, -0.25) is 4.57 Å². The van der Waals surface area contributed by atoms with Gasteiger partial charge in [-0.05, 0) is 30.5 Å². The number of hydrogen-bond donors (Lipinski definition) is 1. The third kappa shape index (κ3) is 3.45. The molecule has 1 saturated carbocycles. The smallest absolute Gasteiger partial charge is 0.207 e. The predicted molar refractivity (Wildman–Crippen MR) is 84.8 cm³/mol. The van der Waals surface area contributed by atoms with E-state index in [2.05, 4.69) is 39.1 Å². The molecule has 2 aromatic rings. The SMILES string of the molecule is COCc1cccc(-n2ccnc2NC2CCCCC2)c1. The van der Waals surface area contributed by atoms with Gasteiger partial charge < -0.3 is 10.1 Å². The minimum Gasteiger partial charge on any atom is -0.380 e. The Bertz CT molecular complexity index is 573. The monoisotopic (exact) mass is 285 g/mol. The molecule has 0 amide bonds. The van der Waals surface area contributed by atoms with Crippen LogP contribution in [-0.4, -0.2) is 22.7 Å². The Hall–Kier alpha value is -1.81. The number of methoxy groups -OCH3 is 1. The van der Waals surface area contributed by atoms with Crippen LogP contribution in [0.4, 0.5) is 5.95 Å². The molecule has 4 nitrogen and oxygen atoms in total. The van der Waals surface area contributed by atoms with E-state index in [0.29, 0.717) is 12.6 Å². The van der Waals surface area contributed by atoms with E-state index in [0.717, 1.165) is 11.6 Å². The first kappa shape index (κ1) is 14.1. The summed E-state index contributed by atoms with van der Waals surface area (Å²) < 4.78 is 7.33. The maximum absolute atomic E-state index is 5.21. The van der Waals surface area contributed by atoms with Gasteiger partial charge in [0.05, 0.1) is 6.61 Å². The zero-order valence-corrected chi connectivity index (χ0v) is 12.6. The van der Waals surface area contributed by atoms with Gasteiger partial charge in [0.2, 0.25) is 5.95 Å². The molecule has 0 unspecified atom stereocenters. The summed E-state index contributed by atoms with van der Waals surface area (Å²) in [6.07, 6.45) is 10.4. The molecule has 0 radical (unpaired) electrons. The van der Waals surface area contributed by atoms with Crippen LogP contribution in [0.2, 0.25) is 0 Å². The lowest BCUT2D eigenvalue weighted by Crippen LogP contribution is -2.24. The van der Waals surface area contributed by atoms with Gasteiger partial charge >= 0.3 is 0 Å². The van der Waals surface area contributed by atoms with Crippen molar-refractivity contribution in [3.05, 3.63) is 42.2 Å². The van der Waals surface area contributed by atoms with Crippen molar-refractivity contribution in [1.82, 2.24) is 9.55 Å². The standard InChI is InChI=1S/C17H23N3O/c1-21-13-14-6-5-9-16(12-14)20-11-10-18-17(20)19-15-7-3-2-4-8-15/h5-6,9-12,15H,2-4,7-8,13H2,1H3,(H,18,19). The van der Waals surface area contributed by atoms with E-state index in [9.17, 15) is 0 Å². The number of anilines is 1. The Kier molecular flexibility index (Phi) is 4.55. The molecule has 0 saturated heterocycles. The highest BCUT2D eigenvalue weighted by Gasteiger charge is 2.15. The summed E-state index contributed by atoms with van der Waals surface area (Å²) in [6.45, 7) is 0.633. The van der Waals surface area contributed by atoms with Crippen LogP contribution < -0.4 is 5.32 Å². The van der Waals surface area contributed by atoms with Crippen molar-refractivity contribution in [3.8, 4) is 5.69 Å². The highest BCUT2D eigenvalue weighted by molar-refractivity contribution is 5.44. The molecule has 1 aliphatic rings. The first-order valence-corrected chi connectivity index (χ1v) is 7.75. The number of hydrogen-bond acceptors (Lipinski definition) is 3. The zero-order valence-electron chi connectivity index (χ0n) is 12.6. The molecule has 1 aromatic heterocycles. The molecule has 21 heavy (non-hydrogen) atoms. The molecule has 1 aliphatic carbocycles. The number of benzene rings is 1.